The van der Waals surface area contributed by atoms with Crippen LogP contribution in [0.2, 0.25) is 0 Å². The molecule has 1 rings (SSSR count). The molecule has 0 spiro atoms. The van der Waals surface area contributed by atoms with E-state index < -0.39 is 30.0 Å². The summed E-state index contributed by atoms with van der Waals surface area (Å²) in [4.78, 5) is 14.8. The van der Waals surface area contributed by atoms with Crippen LogP contribution in [0.25, 0.3) is 0 Å². The Hall–Kier alpha value is -1.63. The summed E-state index contributed by atoms with van der Waals surface area (Å²) >= 11 is 0. The first-order chi connectivity index (χ1) is 7.88. The van der Waals surface area contributed by atoms with Crippen LogP contribution in [-0.2, 0) is 17.5 Å². The number of esters is 1. The number of halogens is 3. The predicted molar refractivity (Wildman–Crippen MR) is 51.1 cm³/mol. The molecule has 0 unspecified atom stereocenters. The van der Waals surface area contributed by atoms with E-state index in [2.05, 4.69) is 9.72 Å². The molecule has 0 aliphatic carbocycles. The molecule has 4 nitrogen and oxygen atoms in total. The van der Waals surface area contributed by atoms with Crippen molar-refractivity contribution in [2.24, 2.45) is 0 Å². The molecular formula is C10H10F3NO3. The molecule has 0 saturated heterocycles. The number of nitrogens with zero attached hydrogens (tertiary/aromatic N) is 1. The third-order valence-corrected chi connectivity index (χ3v) is 1.85. The lowest BCUT2D eigenvalue weighted by Gasteiger charge is -2.09. The molecule has 1 aromatic rings. The average molecular weight is 249 g/mol. The minimum atomic E-state index is -4.60. The van der Waals surface area contributed by atoms with E-state index in [1.807, 2.05) is 0 Å². The minimum Gasteiger partial charge on any atom is -0.461 e. The van der Waals surface area contributed by atoms with Gasteiger partial charge in [0, 0.05) is 0 Å². The Morgan fingerprint density at radius 1 is 1.47 bits per heavy atom. The van der Waals surface area contributed by atoms with Crippen molar-refractivity contribution in [2.75, 3.05) is 6.61 Å². The topological polar surface area (TPSA) is 59.4 Å². The third-order valence-electron chi connectivity index (χ3n) is 1.85. The number of aliphatic hydroxyl groups excluding tert-OH is 1. The van der Waals surface area contributed by atoms with Gasteiger partial charge in [-0.25, -0.2) is 9.78 Å². The van der Waals surface area contributed by atoms with Gasteiger partial charge in [-0.15, -0.1) is 0 Å². The molecule has 0 bridgehead atoms. The summed E-state index contributed by atoms with van der Waals surface area (Å²) < 4.78 is 42.0. The van der Waals surface area contributed by atoms with Gasteiger partial charge in [0.15, 0.2) is 0 Å². The van der Waals surface area contributed by atoms with Crippen molar-refractivity contribution in [2.45, 2.75) is 19.7 Å². The van der Waals surface area contributed by atoms with Crippen molar-refractivity contribution in [1.29, 1.82) is 0 Å². The molecule has 0 fully saturated rings. The maximum Gasteiger partial charge on any atom is 0.416 e. The van der Waals surface area contributed by atoms with E-state index in [9.17, 15) is 18.0 Å². The second-order valence-corrected chi connectivity index (χ2v) is 3.11. The van der Waals surface area contributed by atoms with Gasteiger partial charge >= 0.3 is 12.1 Å². The van der Waals surface area contributed by atoms with E-state index in [0.717, 1.165) is 0 Å². The standard InChI is InChI=1S/C10H10F3NO3/c1-2-17-9(16)8-4-6(10(11,12)13)3-7(5-15)14-8/h3-4,15H,2,5H2,1H3. The zero-order valence-corrected chi connectivity index (χ0v) is 8.91. The van der Waals surface area contributed by atoms with Crippen LogP contribution >= 0.6 is 0 Å². The zero-order valence-electron chi connectivity index (χ0n) is 8.91. The largest absolute Gasteiger partial charge is 0.461 e. The average Bonchev–Trinajstić information content (AvgIpc) is 2.27. The maximum absolute atomic E-state index is 12.5. The molecule has 7 heteroatoms. The van der Waals surface area contributed by atoms with Crippen LogP contribution in [0.4, 0.5) is 13.2 Å². The SMILES string of the molecule is CCOC(=O)c1cc(C(F)(F)F)cc(CO)n1. The molecule has 94 valence electrons. The van der Waals surface area contributed by atoms with Crippen LogP contribution in [-0.4, -0.2) is 22.7 Å². The highest BCUT2D eigenvalue weighted by Gasteiger charge is 2.32. The fourth-order valence-electron chi connectivity index (χ4n) is 1.14. The van der Waals surface area contributed by atoms with E-state index in [1.54, 1.807) is 0 Å². The molecule has 0 amide bonds. The van der Waals surface area contributed by atoms with Crippen LogP contribution in [0.1, 0.15) is 28.7 Å². The van der Waals surface area contributed by atoms with E-state index in [1.165, 1.54) is 6.92 Å². The number of hydrogen-bond donors (Lipinski definition) is 1. The number of aliphatic hydroxyl groups is 1. The van der Waals surface area contributed by atoms with Crippen molar-refractivity contribution in [3.8, 4) is 0 Å². The third kappa shape index (κ3) is 3.42. The number of alkyl halides is 3. The van der Waals surface area contributed by atoms with Crippen molar-refractivity contribution < 1.29 is 27.8 Å². The summed E-state index contributed by atoms with van der Waals surface area (Å²) in [5.41, 5.74) is -1.74. The van der Waals surface area contributed by atoms with E-state index in [-0.39, 0.29) is 12.3 Å². The first-order valence-electron chi connectivity index (χ1n) is 4.74. The molecule has 17 heavy (non-hydrogen) atoms. The summed E-state index contributed by atoms with van der Waals surface area (Å²) in [6.45, 7) is 0.875. The second kappa shape index (κ2) is 5.13. The van der Waals surface area contributed by atoms with Gasteiger partial charge in [-0.05, 0) is 19.1 Å². The molecule has 0 aliphatic heterocycles. The van der Waals surface area contributed by atoms with Gasteiger partial charge in [-0.2, -0.15) is 13.2 Å². The normalized spacial score (nSPS) is 11.4. The smallest absolute Gasteiger partial charge is 0.416 e. The molecule has 0 aliphatic rings. The number of rotatable bonds is 3. The zero-order chi connectivity index (χ0) is 13.1. The van der Waals surface area contributed by atoms with Crippen LogP contribution in [0.3, 0.4) is 0 Å². The number of carbonyl (C=O) groups is 1. The van der Waals surface area contributed by atoms with Crippen molar-refractivity contribution in [3.63, 3.8) is 0 Å². The first kappa shape index (κ1) is 13.4. The number of ether oxygens (including phenoxy) is 1. The van der Waals surface area contributed by atoms with E-state index in [4.69, 9.17) is 5.11 Å². The number of carbonyl (C=O) groups excluding carboxylic acids is 1. The van der Waals surface area contributed by atoms with E-state index in [0.29, 0.717) is 12.1 Å². The highest BCUT2D eigenvalue weighted by atomic mass is 19.4. The highest BCUT2D eigenvalue weighted by Crippen LogP contribution is 2.30. The van der Waals surface area contributed by atoms with Crippen LogP contribution < -0.4 is 0 Å². The Morgan fingerprint density at radius 2 is 2.12 bits per heavy atom. The monoisotopic (exact) mass is 249 g/mol. The quantitative estimate of drug-likeness (QED) is 0.829. The van der Waals surface area contributed by atoms with Crippen molar-refractivity contribution in [3.05, 3.63) is 29.1 Å². The van der Waals surface area contributed by atoms with Crippen molar-refractivity contribution >= 4 is 5.97 Å². The molecule has 1 aromatic heterocycles. The molecule has 0 atom stereocenters. The van der Waals surface area contributed by atoms with Crippen LogP contribution in [0.5, 0.6) is 0 Å². The van der Waals surface area contributed by atoms with E-state index >= 15 is 0 Å². The fourth-order valence-corrected chi connectivity index (χ4v) is 1.14. The molecule has 1 N–H and O–H groups in total. The van der Waals surface area contributed by atoms with Crippen LogP contribution in [0.15, 0.2) is 12.1 Å². The number of hydrogen-bond acceptors (Lipinski definition) is 4. The Kier molecular flexibility index (Phi) is 4.06. The summed E-state index contributed by atoms with van der Waals surface area (Å²) in [7, 11) is 0. The molecule has 1 heterocycles. The summed E-state index contributed by atoms with van der Waals surface area (Å²) in [5.74, 6) is -0.951. The lowest BCUT2D eigenvalue weighted by molar-refractivity contribution is -0.137. The molecule has 0 saturated carbocycles. The Labute approximate surface area is 95.0 Å². The summed E-state index contributed by atoms with van der Waals surface area (Å²) in [6.07, 6.45) is -4.60. The number of aromatic nitrogens is 1. The Balaban J connectivity index is 3.19. The maximum atomic E-state index is 12.5. The van der Waals surface area contributed by atoms with Gasteiger partial charge in [0.2, 0.25) is 0 Å². The number of pyridine rings is 1. The second-order valence-electron chi connectivity index (χ2n) is 3.11. The van der Waals surface area contributed by atoms with Gasteiger partial charge in [0.25, 0.3) is 0 Å². The van der Waals surface area contributed by atoms with Crippen molar-refractivity contribution in [1.82, 2.24) is 4.98 Å². The molecule has 0 radical (unpaired) electrons. The Bertz CT molecular complexity index is 418. The van der Waals surface area contributed by atoms with Gasteiger partial charge in [0.1, 0.15) is 5.69 Å². The van der Waals surface area contributed by atoms with Gasteiger partial charge in [0.05, 0.1) is 24.5 Å². The summed E-state index contributed by atoms with van der Waals surface area (Å²) in [5, 5.41) is 8.78. The molecular weight excluding hydrogens is 239 g/mol. The summed E-state index contributed by atoms with van der Waals surface area (Å²) in [6, 6.07) is 1.28. The minimum absolute atomic E-state index is 0.0330. The fraction of sp³-hybridized carbons (Fsp3) is 0.400. The first-order valence-corrected chi connectivity index (χ1v) is 4.74. The lowest BCUT2D eigenvalue weighted by Crippen LogP contribution is -2.13. The highest BCUT2D eigenvalue weighted by molar-refractivity contribution is 5.87. The van der Waals surface area contributed by atoms with Crippen LogP contribution in [0, 0.1) is 0 Å². The molecule has 0 aromatic carbocycles. The van der Waals surface area contributed by atoms with Gasteiger partial charge in [-0.3, -0.25) is 0 Å². The lowest BCUT2D eigenvalue weighted by atomic mass is 10.2. The van der Waals surface area contributed by atoms with Gasteiger partial charge in [-0.1, -0.05) is 0 Å². The Morgan fingerprint density at radius 3 is 2.59 bits per heavy atom. The van der Waals surface area contributed by atoms with Gasteiger partial charge < -0.3 is 9.84 Å². The predicted octanol–water partition coefficient (Wildman–Crippen LogP) is 1.77.